The number of rotatable bonds is 9. The highest BCUT2D eigenvalue weighted by Crippen LogP contribution is 2.29. The van der Waals surface area contributed by atoms with E-state index in [2.05, 4.69) is 20.3 Å². The van der Waals surface area contributed by atoms with Gasteiger partial charge in [-0.05, 0) is 50.9 Å². The van der Waals surface area contributed by atoms with Crippen LogP contribution in [-0.2, 0) is 17.5 Å². The molecule has 0 bridgehead atoms. The van der Waals surface area contributed by atoms with Crippen LogP contribution < -0.4 is 16.0 Å². The van der Waals surface area contributed by atoms with Gasteiger partial charge in [-0.15, -0.1) is 0 Å². The van der Waals surface area contributed by atoms with Gasteiger partial charge in [-0.3, -0.25) is 14.7 Å². The molecule has 3 N–H and O–H groups in total. The Hall–Kier alpha value is -3.02. The SMILES string of the molecule is CCN(Cc1ccc(C(F)(F)F)cn1)c1ncnc(NCC2CCN(CC(N)=O)CC2)c1F. The number of aromatic nitrogens is 3. The van der Waals surface area contributed by atoms with Crippen molar-refractivity contribution in [3.8, 4) is 0 Å². The number of nitrogens with one attached hydrogen (secondary N) is 1. The molecule has 3 rings (SSSR count). The van der Waals surface area contributed by atoms with E-state index in [-0.39, 0.29) is 30.6 Å². The van der Waals surface area contributed by atoms with Crippen LogP contribution in [0.1, 0.15) is 31.0 Å². The van der Waals surface area contributed by atoms with E-state index in [0.717, 1.165) is 38.2 Å². The summed E-state index contributed by atoms with van der Waals surface area (Å²) in [6.45, 7) is 4.51. The zero-order valence-corrected chi connectivity index (χ0v) is 18.3. The van der Waals surface area contributed by atoms with Crippen LogP contribution in [-0.4, -0.2) is 58.5 Å². The Labute approximate surface area is 189 Å². The van der Waals surface area contributed by atoms with Gasteiger partial charge in [0.25, 0.3) is 0 Å². The smallest absolute Gasteiger partial charge is 0.369 e. The zero-order chi connectivity index (χ0) is 24.0. The summed E-state index contributed by atoms with van der Waals surface area (Å²) in [6.07, 6.45) is -0.755. The topological polar surface area (TPSA) is 100 Å². The molecule has 0 unspecified atom stereocenters. The summed E-state index contributed by atoms with van der Waals surface area (Å²) in [5, 5.41) is 3.04. The molecule has 33 heavy (non-hydrogen) atoms. The number of amides is 1. The fourth-order valence-electron chi connectivity index (χ4n) is 3.73. The zero-order valence-electron chi connectivity index (χ0n) is 18.3. The molecule has 1 aliphatic heterocycles. The highest BCUT2D eigenvalue weighted by atomic mass is 19.4. The number of carbonyl (C=O) groups excluding carboxylic acids is 1. The van der Waals surface area contributed by atoms with Gasteiger partial charge in [-0.25, -0.2) is 9.97 Å². The van der Waals surface area contributed by atoms with Crippen LogP contribution in [0, 0.1) is 11.7 Å². The molecule has 1 aliphatic rings. The molecule has 0 aromatic carbocycles. The van der Waals surface area contributed by atoms with E-state index in [0.29, 0.717) is 24.7 Å². The lowest BCUT2D eigenvalue weighted by Gasteiger charge is -2.31. The third kappa shape index (κ3) is 6.73. The van der Waals surface area contributed by atoms with Gasteiger partial charge in [0, 0.05) is 19.3 Å². The summed E-state index contributed by atoms with van der Waals surface area (Å²) in [5.41, 5.74) is 4.75. The van der Waals surface area contributed by atoms with E-state index in [9.17, 15) is 18.0 Å². The van der Waals surface area contributed by atoms with Crippen LogP contribution in [0.2, 0.25) is 0 Å². The number of likely N-dealkylation sites (tertiary alicyclic amines) is 1. The van der Waals surface area contributed by atoms with Crippen LogP contribution in [0.15, 0.2) is 24.7 Å². The van der Waals surface area contributed by atoms with E-state index in [1.807, 2.05) is 4.90 Å². The minimum absolute atomic E-state index is 0.0491. The van der Waals surface area contributed by atoms with E-state index in [4.69, 9.17) is 5.73 Å². The largest absolute Gasteiger partial charge is 0.417 e. The second-order valence-corrected chi connectivity index (χ2v) is 7.98. The Kier molecular flexibility index (Phi) is 8.01. The number of piperidine rings is 1. The quantitative estimate of drug-likeness (QED) is 0.545. The molecule has 3 heterocycles. The number of primary amides is 1. The van der Waals surface area contributed by atoms with Crippen molar-refractivity contribution in [3.63, 3.8) is 0 Å². The highest BCUT2D eigenvalue weighted by Gasteiger charge is 2.30. The monoisotopic (exact) mass is 469 g/mol. The molecule has 1 fully saturated rings. The van der Waals surface area contributed by atoms with E-state index in [1.54, 1.807) is 11.8 Å². The number of alkyl halides is 3. The maximum atomic E-state index is 15.1. The number of carbonyl (C=O) groups is 1. The number of halogens is 4. The average Bonchev–Trinajstić information content (AvgIpc) is 2.77. The first-order valence-electron chi connectivity index (χ1n) is 10.7. The number of nitrogens with two attached hydrogens (primary N) is 1. The fourth-order valence-corrected chi connectivity index (χ4v) is 3.73. The van der Waals surface area contributed by atoms with Crippen LogP contribution in [0.25, 0.3) is 0 Å². The molecule has 0 atom stereocenters. The third-order valence-electron chi connectivity index (χ3n) is 5.60. The van der Waals surface area contributed by atoms with Crippen molar-refractivity contribution in [2.24, 2.45) is 11.7 Å². The van der Waals surface area contributed by atoms with Crippen molar-refractivity contribution < 1.29 is 22.4 Å². The maximum absolute atomic E-state index is 15.1. The molecular formula is C21H27F4N7O. The molecule has 2 aromatic heterocycles. The molecule has 8 nitrogen and oxygen atoms in total. The van der Waals surface area contributed by atoms with Crippen molar-refractivity contribution in [1.82, 2.24) is 19.9 Å². The van der Waals surface area contributed by atoms with Gasteiger partial charge in [0.05, 0.1) is 24.3 Å². The summed E-state index contributed by atoms with van der Waals surface area (Å²) < 4.78 is 53.4. The summed E-state index contributed by atoms with van der Waals surface area (Å²) >= 11 is 0. The number of hydrogen-bond acceptors (Lipinski definition) is 7. The van der Waals surface area contributed by atoms with Crippen molar-refractivity contribution in [1.29, 1.82) is 0 Å². The summed E-state index contributed by atoms with van der Waals surface area (Å²) in [5.74, 6) is -0.566. The van der Waals surface area contributed by atoms with Gasteiger partial charge in [0.15, 0.2) is 11.6 Å². The van der Waals surface area contributed by atoms with E-state index in [1.165, 1.54) is 12.4 Å². The Bertz CT molecular complexity index is 931. The second-order valence-electron chi connectivity index (χ2n) is 7.98. The van der Waals surface area contributed by atoms with E-state index >= 15 is 4.39 Å². The molecule has 0 saturated carbocycles. The maximum Gasteiger partial charge on any atom is 0.417 e. The minimum Gasteiger partial charge on any atom is -0.369 e. The van der Waals surface area contributed by atoms with Crippen LogP contribution in [0.4, 0.5) is 29.2 Å². The molecule has 1 saturated heterocycles. The lowest BCUT2D eigenvalue weighted by atomic mass is 9.97. The van der Waals surface area contributed by atoms with Gasteiger partial charge in [-0.2, -0.15) is 17.6 Å². The Balaban J connectivity index is 1.61. The lowest BCUT2D eigenvalue weighted by molar-refractivity contribution is -0.137. The molecule has 0 spiro atoms. The fraction of sp³-hybridized carbons (Fsp3) is 0.524. The highest BCUT2D eigenvalue weighted by molar-refractivity contribution is 5.75. The van der Waals surface area contributed by atoms with Crippen LogP contribution >= 0.6 is 0 Å². The number of anilines is 2. The normalized spacial score (nSPS) is 15.4. The van der Waals surface area contributed by atoms with Gasteiger partial charge in [0.1, 0.15) is 6.33 Å². The molecule has 0 radical (unpaired) electrons. The second kappa shape index (κ2) is 10.7. The van der Waals surface area contributed by atoms with Crippen molar-refractivity contribution in [3.05, 3.63) is 41.7 Å². The number of nitrogens with zero attached hydrogens (tertiary/aromatic N) is 5. The molecule has 180 valence electrons. The summed E-state index contributed by atoms with van der Waals surface area (Å²) in [7, 11) is 0. The standard InChI is InChI=1S/C21H27F4N7O/c1-2-32(11-16-4-3-15(10-27-16)21(23,24)25)20-18(22)19(29-13-30-20)28-9-14-5-7-31(8-6-14)12-17(26)33/h3-4,10,13-14H,2,5-9,11-12H2,1H3,(H2,26,33)(H,28,29,30). The Morgan fingerprint density at radius 1 is 1.24 bits per heavy atom. The Morgan fingerprint density at radius 3 is 2.55 bits per heavy atom. The molecule has 0 aliphatic carbocycles. The number of hydrogen-bond donors (Lipinski definition) is 2. The van der Waals surface area contributed by atoms with Crippen molar-refractivity contribution in [2.75, 3.05) is 42.9 Å². The lowest BCUT2D eigenvalue weighted by Crippen LogP contribution is -2.40. The predicted octanol–water partition coefficient (Wildman–Crippen LogP) is 2.67. The van der Waals surface area contributed by atoms with Crippen molar-refractivity contribution in [2.45, 2.75) is 32.5 Å². The van der Waals surface area contributed by atoms with Gasteiger partial charge in [0.2, 0.25) is 11.7 Å². The van der Waals surface area contributed by atoms with Gasteiger partial charge < -0.3 is 16.0 Å². The van der Waals surface area contributed by atoms with Crippen LogP contribution in [0.3, 0.4) is 0 Å². The summed E-state index contributed by atoms with van der Waals surface area (Å²) in [6, 6.07) is 2.22. The predicted molar refractivity (Wildman–Crippen MR) is 115 cm³/mol. The first-order valence-corrected chi connectivity index (χ1v) is 10.7. The van der Waals surface area contributed by atoms with Crippen molar-refractivity contribution >= 4 is 17.5 Å². The molecular weight excluding hydrogens is 442 g/mol. The Morgan fingerprint density at radius 2 is 1.97 bits per heavy atom. The molecule has 1 amide bonds. The van der Waals surface area contributed by atoms with E-state index < -0.39 is 17.6 Å². The average molecular weight is 469 g/mol. The van der Waals surface area contributed by atoms with Gasteiger partial charge >= 0.3 is 6.18 Å². The van der Waals surface area contributed by atoms with Gasteiger partial charge in [-0.1, -0.05) is 0 Å². The molecule has 2 aromatic rings. The molecule has 12 heteroatoms. The minimum atomic E-state index is -4.46. The summed E-state index contributed by atoms with van der Waals surface area (Å²) in [4.78, 5) is 26.5. The third-order valence-corrected chi connectivity index (χ3v) is 5.60. The first-order chi connectivity index (χ1) is 15.7. The first kappa shape index (κ1) is 24.6. The number of pyridine rings is 1. The van der Waals surface area contributed by atoms with Crippen LogP contribution in [0.5, 0.6) is 0 Å².